The van der Waals surface area contributed by atoms with Gasteiger partial charge in [-0.3, -0.25) is 9.59 Å². The van der Waals surface area contributed by atoms with Crippen LogP contribution in [0, 0.1) is 0 Å². The number of rotatable bonds is 11. The van der Waals surface area contributed by atoms with Crippen LogP contribution >= 0.6 is 23.2 Å². The van der Waals surface area contributed by atoms with E-state index in [0.29, 0.717) is 16.5 Å². The molecule has 2 unspecified atom stereocenters. The van der Waals surface area contributed by atoms with Crippen molar-refractivity contribution in [3.63, 3.8) is 0 Å². The SMILES string of the molecule is CCC(C)NC(=O)C(CC)N(Cc1ccc(Cl)cc1)C(=O)CN(C)S(=O)(=O)c1ccc(Cl)cc1. The van der Waals surface area contributed by atoms with Crippen molar-refractivity contribution >= 4 is 45.0 Å². The first-order chi connectivity index (χ1) is 16.0. The van der Waals surface area contributed by atoms with Gasteiger partial charge < -0.3 is 10.2 Å². The van der Waals surface area contributed by atoms with Crippen LogP contribution in [0.2, 0.25) is 10.0 Å². The second-order valence-corrected chi connectivity index (χ2v) is 11.0. The van der Waals surface area contributed by atoms with E-state index in [9.17, 15) is 18.0 Å². The van der Waals surface area contributed by atoms with Crippen LogP contribution in [-0.2, 0) is 26.2 Å². The third kappa shape index (κ3) is 7.43. The molecule has 186 valence electrons. The Bertz CT molecular complexity index is 1080. The van der Waals surface area contributed by atoms with Gasteiger partial charge in [-0.25, -0.2) is 8.42 Å². The number of hydrogen-bond donors (Lipinski definition) is 1. The van der Waals surface area contributed by atoms with Gasteiger partial charge in [-0.2, -0.15) is 4.31 Å². The van der Waals surface area contributed by atoms with Crippen LogP contribution in [0.1, 0.15) is 39.2 Å². The van der Waals surface area contributed by atoms with Gasteiger partial charge in [0.2, 0.25) is 21.8 Å². The molecule has 0 spiro atoms. The van der Waals surface area contributed by atoms with Crippen molar-refractivity contribution in [3.8, 4) is 0 Å². The molecule has 1 N–H and O–H groups in total. The third-order valence-electron chi connectivity index (χ3n) is 5.53. The molecule has 0 saturated carbocycles. The minimum atomic E-state index is -3.93. The highest BCUT2D eigenvalue weighted by atomic mass is 35.5. The first kappa shape index (κ1) is 28.1. The lowest BCUT2D eigenvalue weighted by molar-refractivity contribution is -0.141. The Morgan fingerprint density at radius 3 is 1.97 bits per heavy atom. The Labute approximate surface area is 212 Å². The van der Waals surface area contributed by atoms with Crippen molar-refractivity contribution in [2.75, 3.05) is 13.6 Å². The quantitative estimate of drug-likeness (QED) is 0.470. The van der Waals surface area contributed by atoms with E-state index in [4.69, 9.17) is 23.2 Å². The Balaban J connectivity index is 2.32. The predicted molar refractivity (Wildman–Crippen MR) is 135 cm³/mol. The fourth-order valence-electron chi connectivity index (χ4n) is 3.30. The van der Waals surface area contributed by atoms with Crippen molar-refractivity contribution in [2.24, 2.45) is 0 Å². The van der Waals surface area contributed by atoms with E-state index in [1.54, 1.807) is 24.3 Å². The summed E-state index contributed by atoms with van der Waals surface area (Å²) in [4.78, 5) is 27.9. The summed E-state index contributed by atoms with van der Waals surface area (Å²) >= 11 is 11.9. The van der Waals surface area contributed by atoms with E-state index < -0.39 is 28.5 Å². The minimum Gasteiger partial charge on any atom is -0.352 e. The Hall–Kier alpha value is -2.13. The molecule has 2 aromatic rings. The summed E-state index contributed by atoms with van der Waals surface area (Å²) in [6.45, 7) is 5.38. The summed E-state index contributed by atoms with van der Waals surface area (Å²) < 4.78 is 26.9. The van der Waals surface area contributed by atoms with Crippen molar-refractivity contribution in [3.05, 3.63) is 64.1 Å². The lowest BCUT2D eigenvalue weighted by Crippen LogP contribution is -2.53. The van der Waals surface area contributed by atoms with Crippen LogP contribution in [0.15, 0.2) is 53.4 Å². The molecule has 0 radical (unpaired) electrons. The predicted octanol–water partition coefficient (Wildman–Crippen LogP) is 4.34. The average molecular weight is 529 g/mol. The molecule has 2 rings (SSSR count). The number of benzene rings is 2. The lowest BCUT2D eigenvalue weighted by atomic mass is 10.1. The molecular formula is C24H31Cl2N3O4S. The number of nitrogens with zero attached hydrogens (tertiary/aromatic N) is 2. The monoisotopic (exact) mass is 527 g/mol. The number of carbonyl (C=O) groups excluding carboxylic acids is 2. The third-order valence-corrected chi connectivity index (χ3v) is 7.85. The number of sulfonamides is 1. The van der Waals surface area contributed by atoms with Crippen molar-refractivity contribution in [1.82, 2.24) is 14.5 Å². The van der Waals surface area contributed by atoms with E-state index in [-0.39, 0.29) is 23.4 Å². The summed E-state index contributed by atoms with van der Waals surface area (Å²) in [6, 6.07) is 11.9. The standard InChI is InChI=1S/C24H31Cl2N3O4S/c1-5-17(3)27-24(31)22(6-2)29(15-18-7-9-19(25)10-8-18)23(30)16-28(4)34(32,33)21-13-11-20(26)12-14-21/h7-14,17,22H,5-6,15-16H2,1-4H3,(H,27,31). The van der Waals surface area contributed by atoms with Crippen LogP contribution in [0.3, 0.4) is 0 Å². The zero-order valence-corrected chi connectivity index (χ0v) is 22.1. The molecule has 0 heterocycles. The van der Waals surface area contributed by atoms with Crippen molar-refractivity contribution in [2.45, 2.75) is 57.1 Å². The highest BCUT2D eigenvalue weighted by Crippen LogP contribution is 2.19. The molecule has 10 heteroatoms. The smallest absolute Gasteiger partial charge is 0.243 e. The fraction of sp³-hybridized carbons (Fsp3) is 0.417. The summed E-state index contributed by atoms with van der Waals surface area (Å²) in [7, 11) is -2.59. The minimum absolute atomic E-state index is 0.0259. The zero-order chi connectivity index (χ0) is 25.5. The molecule has 0 fully saturated rings. The van der Waals surface area contributed by atoms with E-state index in [2.05, 4.69) is 5.32 Å². The summed E-state index contributed by atoms with van der Waals surface area (Å²) in [5.41, 5.74) is 0.774. The molecule has 0 aliphatic heterocycles. The number of carbonyl (C=O) groups is 2. The van der Waals surface area contributed by atoms with Gasteiger partial charge in [-0.15, -0.1) is 0 Å². The molecule has 0 aliphatic rings. The van der Waals surface area contributed by atoms with E-state index >= 15 is 0 Å². The zero-order valence-electron chi connectivity index (χ0n) is 19.8. The summed E-state index contributed by atoms with van der Waals surface area (Å²) in [5.74, 6) is -0.761. The van der Waals surface area contributed by atoms with Crippen molar-refractivity contribution < 1.29 is 18.0 Å². The number of likely N-dealkylation sites (N-methyl/N-ethyl adjacent to an activating group) is 1. The molecule has 0 aliphatic carbocycles. The van der Waals surface area contributed by atoms with Crippen LogP contribution in [0.4, 0.5) is 0 Å². The largest absolute Gasteiger partial charge is 0.352 e. The van der Waals surface area contributed by atoms with Crippen molar-refractivity contribution in [1.29, 1.82) is 0 Å². The maximum absolute atomic E-state index is 13.4. The van der Waals surface area contributed by atoms with E-state index in [0.717, 1.165) is 16.3 Å². The van der Waals surface area contributed by atoms with Gasteiger partial charge in [0.25, 0.3) is 0 Å². The highest BCUT2D eigenvalue weighted by Gasteiger charge is 2.32. The molecule has 0 bridgehead atoms. The molecule has 34 heavy (non-hydrogen) atoms. The van der Waals surface area contributed by atoms with Crippen LogP contribution in [0.25, 0.3) is 0 Å². The maximum Gasteiger partial charge on any atom is 0.243 e. The fourth-order valence-corrected chi connectivity index (χ4v) is 4.67. The number of nitrogens with one attached hydrogen (secondary N) is 1. The second-order valence-electron chi connectivity index (χ2n) is 8.11. The van der Waals surface area contributed by atoms with E-state index in [1.165, 1.54) is 36.2 Å². The van der Waals surface area contributed by atoms with Crippen LogP contribution < -0.4 is 5.32 Å². The average Bonchev–Trinajstić information content (AvgIpc) is 2.80. The van der Waals surface area contributed by atoms with Crippen LogP contribution in [-0.4, -0.2) is 55.1 Å². The Kier molecular flexibility index (Phi) is 10.4. The lowest BCUT2D eigenvalue weighted by Gasteiger charge is -2.32. The van der Waals surface area contributed by atoms with Gasteiger partial charge in [0, 0.05) is 29.7 Å². The van der Waals surface area contributed by atoms with Gasteiger partial charge in [0.1, 0.15) is 6.04 Å². The van der Waals surface area contributed by atoms with Crippen LogP contribution in [0.5, 0.6) is 0 Å². The molecule has 0 aromatic heterocycles. The maximum atomic E-state index is 13.4. The summed E-state index contributed by atoms with van der Waals surface area (Å²) in [6.07, 6.45) is 1.12. The number of amides is 2. The highest BCUT2D eigenvalue weighted by molar-refractivity contribution is 7.89. The van der Waals surface area contributed by atoms with Gasteiger partial charge in [-0.1, -0.05) is 49.2 Å². The topological polar surface area (TPSA) is 86.8 Å². The van der Waals surface area contributed by atoms with Gasteiger partial charge in [-0.05, 0) is 61.7 Å². The Morgan fingerprint density at radius 2 is 1.47 bits per heavy atom. The molecule has 2 atom stereocenters. The number of halogens is 2. The molecule has 7 nitrogen and oxygen atoms in total. The summed E-state index contributed by atoms with van der Waals surface area (Å²) in [5, 5.41) is 3.89. The molecular weight excluding hydrogens is 497 g/mol. The normalized spacial score (nSPS) is 13.4. The Morgan fingerprint density at radius 1 is 0.941 bits per heavy atom. The number of hydrogen-bond acceptors (Lipinski definition) is 4. The van der Waals surface area contributed by atoms with Gasteiger partial charge in [0.15, 0.2) is 0 Å². The van der Waals surface area contributed by atoms with E-state index in [1.807, 2.05) is 20.8 Å². The molecule has 0 saturated heterocycles. The van der Waals surface area contributed by atoms with Gasteiger partial charge in [0.05, 0.1) is 11.4 Å². The molecule has 2 amide bonds. The second kappa shape index (κ2) is 12.5. The molecule has 2 aromatic carbocycles. The first-order valence-electron chi connectivity index (χ1n) is 11.1. The first-order valence-corrected chi connectivity index (χ1v) is 13.2. The van der Waals surface area contributed by atoms with Gasteiger partial charge >= 0.3 is 0 Å².